The molecule has 0 unspecified atom stereocenters. The third-order valence-electron chi connectivity index (χ3n) is 9.41. The van der Waals surface area contributed by atoms with Crippen LogP contribution < -0.4 is 14.2 Å². The van der Waals surface area contributed by atoms with Gasteiger partial charge in [0.05, 0.1) is 21.3 Å². The van der Waals surface area contributed by atoms with Gasteiger partial charge in [0.1, 0.15) is 17.2 Å². The van der Waals surface area contributed by atoms with E-state index >= 15 is 0 Å². The fourth-order valence-electron chi connectivity index (χ4n) is 6.52. The molecule has 0 fully saturated rings. The first-order chi connectivity index (χ1) is 26.6. The average Bonchev–Trinajstić information content (AvgIpc) is 3.25. The molecule has 0 aliphatic carbocycles. The van der Waals surface area contributed by atoms with Crippen molar-refractivity contribution in [2.75, 3.05) is 21.3 Å². The maximum absolute atomic E-state index is 5.80. The van der Waals surface area contributed by atoms with E-state index in [0.717, 1.165) is 84.0 Å². The summed E-state index contributed by atoms with van der Waals surface area (Å²) in [4.78, 5) is 0. The second kappa shape index (κ2) is 17.1. The molecule has 0 saturated carbocycles. The van der Waals surface area contributed by atoms with E-state index in [1.165, 1.54) is 0 Å². The normalized spacial score (nSPS) is 11.4. The lowest BCUT2D eigenvalue weighted by molar-refractivity contribution is 0.415. The van der Waals surface area contributed by atoms with Crippen molar-refractivity contribution in [3.05, 3.63) is 197 Å². The van der Waals surface area contributed by atoms with Crippen LogP contribution >= 0.6 is 0 Å². The summed E-state index contributed by atoms with van der Waals surface area (Å²) in [5.74, 6) is 2.36. The predicted molar refractivity (Wildman–Crippen MR) is 229 cm³/mol. The molecule has 0 bridgehead atoms. The number of ether oxygens (including phenoxy) is 3. The minimum Gasteiger partial charge on any atom is -0.497 e. The van der Waals surface area contributed by atoms with Gasteiger partial charge in [0.2, 0.25) is 0 Å². The van der Waals surface area contributed by atoms with Crippen molar-refractivity contribution in [3.63, 3.8) is 0 Å². The fraction of sp³-hybridized carbons (Fsp3) is 0.0588. The second-order valence-electron chi connectivity index (χ2n) is 12.9. The number of hydrogen-bond donors (Lipinski definition) is 0. The van der Waals surface area contributed by atoms with Crippen molar-refractivity contribution in [1.82, 2.24) is 0 Å². The van der Waals surface area contributed by atoms with E-state index in [-0.39, 0.29) is 0 Å². The van der Waals surface area contributed by atoms with Crippen LogP contribution in [0.15, 0.2) is 164 Å². The smallest absolute Gasteiger partial charge is 0.119 e. The molecule has 0 aliphatic heterocycles. The molecule has 0 aliphatic rings. The highest BCUT2D eigenvalue weighted by atomic mass is 16.5. The van der Waals surface area contributed by atoms with Gasteiger partial charge in [0.15, 0.2) is 0 Å². The Balaban J connectivity index is 1.47. The van der Waals surface area contributed by atoms with Crippen molar-refractivity contribution < 1.29 is 14.2 Å². The first-order valence-corrected chi connectivity index (χ1v) is 18.0. The van der Waals surface area contributed by atoms with Crippen LogP contribution in [0, 0.1) is 0 Å². The molecule has 7 aromatic carbocycles. The van der Waals surface area contributed by atoms with Gasteiger partial charge in [-0.2, -0.15) is 0 Å². The zero-order valence-electron chi connectivity index (χ0n) is 30.8. The molecule has 54 heavy (non-hydrogen) atoms. The van der Waals surface area contributed by atoms with Crippen LogP contribution in [0.4, 0.5) is 0 Å². The van der Waals surface area contributed by atoms with Gasteiger partial charge >= 0.3 is 0 Å². The summed E-state index contributed by atoms with van der Waals surface area (Å²) in [7, 11) is 5.14. The summed E-state index contributed by atoms with van der Waals surface area (Å²) in [5, 5.41) is 0. The molecule has 0 amide bonds. The van der Waals surface area contributed by atoms with Crippen molar-refractivity contribution in [1.29, 1.82) is 0 Å². The molecule has 7 aromatic rings. The summed E-state index contributed by atoms with van der Waals surface area (Å²) in [6, 6.07) is 56.7. The lowest BCUT2D eigenvalue weighted by Gasteiger charge is -2.17. The van der Waals surface area contributed by atoms with Gasteiger partial charge in [-0.05, 0) is 121 Å². The molecule has 7 rings (SSSR count). The quantitative estimate of drug-likeness (QED) is 0.119. The zero-order chi connectivity index (χ0) is 37.1. The maximum Gasteiger partial charge on any atom is 0.119 e. The highest BCUT2D eigenvalue weighted by Crippen LogP contribution is 2.40. The molecule has 0 saturated heterocycles. The third-order valence-corrected chi connectivity index (χ3v) is 9.41. The van der Waals surface area contributed by atoms with Crippen LogP contribution in [0.5, 0.6) is 17.2 Å². The number of benzene rings is 7. The predicted octanol–water partition coefficient (Wildman–Crippen LogP) is 13.2. The Labute approximate surface area is 318 Å². The summed E-state index contributed by atoms with van der Waals surface area (Å²) < 4.78 is 17.4. The summed E-state index contributed by atoms with van der Waals surface area (Å²) >= 11 is 0. The van der Waals surface area contributed by atoms with Crippen LogP contribution in [0.2, 0.25) is 0 Å². The van der Waals surface area contributed by atoms with Gasteiger partial charge in [-0.1, -0.05) is 146 Å². The van der Waals surface area contributed by atoms with E-state index in [2.05, 4.69) is 164 Å². The Morgan fingerprint density at radius 3 is 0.833 bits per heavy atom. The van der Waals surface area contributed by atoms with Gasteiger partial charge in [0.25, 0.3) is 0 Å². The molecule has 3 nitrogen and oxygen atoms in total. The Morgan fingerprint density at radius 1 is 0.296 bits per heavy atom. The molecule has 264 valence electrons. The van der Waals surface area contributed by atoms with E-state index in [9.17, 15) is 0 Å². The Kier molecular flexibility index (Phi) is 11.3. The average molecular weight is 703 g/mol. The molecule has 0 atom stereocenters. The molecule has 3 heteroatoms. The van der Waals surface area contributed by atoms with Crippen molar-refractivity contribution in [2.24, 2.45) is 0 Å². The molecule has 0 heterocycles. The number of methoxy groups -OCH3 is 3. The zero-order valence-corrected chi connectivity index (χ0v) is 30.8. The van der Waals surface area contributed by atoms with Crippen LogP contribution in [-0.4, -0.2) is 21.3 Å². The van der Waals surface area contributed by atoms with E-state index < -0.39 is 0 Å². The third kappa shape index (κ3) is 8.61. The topological polar surface area (TPSA) is 27.7 Å². The van der Waals surface area contributed by atoms with Gasteiger partial charge in [0, 0.05) is 0 Å². The lowest BCUT2D eigenvalue weighted by Crippen LogP contribution is -1.94. The van der Waals surface area contributed by atoms with Crippen LogP contribution in [-0.2, 0) is 0 Å². The maximum atomic E-state index is 5.80. The standard InChI is InChI=1S/C51H42O3/c1-52-46-28-25-40(22-19-37-13-7-4-8-14-37)49(34-46)43-31-44(50-35-47(53-2)29-26-41(50)23-20-38-15-9-5-10-16-38)33-45(32-43)51-36-48(54-3)30-27-42(51)24-21-39-17-11-6-12-18-39/h4-36H,1-3H3/b22-19-,23-20-,24-21+. The SMILES string of the molecule is COc1ccc(/C=C\c2ccccc2)c(-c2cc(-c3cc(OC)ccc3/C=C\c3ccccc3)cc(-c3cc(OC)ccc3/C=C/c3ccccc3)c2)c1. The van der Waals surface area contributed by atoms with Crippen LogP contribution in [0.1, 0.15) is 33.4 Å². The fourth-order valence-corrected chi connectivity index (χ4v) is 6.52. The Hall–Kier alpha value is -6.84. The van der Waals surface area contributed by atoms with Gasteiger partial charge in [-0.3, -0.25) is 0 Å². The van der Waals surface area contributed by atoms with Gasteiger partial charge in [-0.25, -0.2) is 0 Å². The van der Waals surface area contributed by atoms with E-state index in [1.807, 2.05) is 36.4 Å². The first-order valence-electron chi connectivity index (χ1n) is 18.0. The lowest BCUT2D eigenvalue weighted by atomic mass is 9.88. The first kappa shape index (κ1) is 35.6. The van der Waals surface area contributed by atoms with E-state index in [1.54, 1.807) is 21.3 Å². The number of rotatable bonds is 12. The van der Waals surface area contributed by atoms with E-state index in [0.29, 0.717) is 0 Å². The van der Waals surface area contributed by atoms with Gasteiger partial charge < -0.3 is 14.2 Å². The second-order valence-corrected chi connectivity index (χ2v) is 12.9. The largest absolute Gasteiger partial charge is 0.497 e. The van der Waals surface area contributed by atoms with Crippen LogP contribution in [0.25, 0.3) is 69.8 Å². The van der Waals surface area contributed by atoms with Crippen molar-refractivity contribution in [2.45, 2.75) is 0 Å². The summed E-state index contributed by atoms with van der Waals surface area (Å²) in [6.45, 7) is 0. The minimum absolute atomic E-state index is 0.787. The van der Waals surface area contributed by atoms with Crippen LogP contribution in [0.3, 0.4) is 0 Å². The Morgan fingerprint density at radius 2 is 0.574 bits per heavy atom. The molecule has 0 aromatic heterocycles. The van der Waals surface area contributed by atoms with E-state index in [4.69, 9.17) is 14.2 Å². The molecule has 0 N–H and O–H groups in total. The molecule has 0 radical (unpaired) electrons. The highest BCUT2D eigenvalue weighted by Gasteiger charge is 2.15. The Bertz CT molecular complexity index is 2140. The van der Waals surface area contributed by atoms with Crippen molar-refractivity contribution >= 4 is 36.5 Å². The molecular weight excluding hydrogens is 661 g/mol. The molecular formula is C51H42O3. The monoisotopic (exact) mass is 702 g/mol. The molecule has 0 spiro atoms. The summed E-state index contributed by atoms with van der Waals surface area (Å²) in [5.41, 5.74) is 12.9. The number of hydrogen-bond acceptors (Lipinski definition) is 3. The minimum atomic E-state index is 0.787. The summed E-state index contributed by atoms with van der Waals surface area (Å²) in [6.07, 6.45) is 13.0. The van der Waals surface area contributed by atoms with Gasteiger partial charge in [-0.15, -0.1) is 0 Å². The highest BCUT2D eigenvalue weighted by molar-refractivity contribution is 5.92. The van der Waals surface area contributed by atoms with Crippen molar-refractivity contribution in [3.8, 4) is 50.6 Å².